The molecule has 110 valence electrons. The number of hydrogen-bond acceptors (Lipinski definition) is 4. The van der Waals surface area contributed by atoms with Crippen molar-refractivity contribution in [1.82, 2.24) is 4.98 Å². The van der Waals surface area contributed by atoms with Gasteiger partial charge in [0.2, 0.25) is 0 Å². The van der Waals surface area contributed by atoms with E-state index in [9.17, 15) is 9.90 Å². The number of nitrogens with zero attached hydrogens (tertiary/aromatic N) is 1. The van der Waals surface area contributed by atoms with Gasteiger partial charge >= 0.3 is 0 Å². The minimum Gasteiger partial charge on any atom is -0.505 e. The van der Waals surface area contributed by atoms with Crippen LogP contribution < -0.4 is 5.73 Å². The third kappa shape index (κ3) is 2.73. The molecule has 0 spiro atoms. The number of benzene rings is 2. The number of pyridine rings is 1. The van der Waals surface area contributed by atoms with E-state index < -0.39 is 5.91 Å². The molecule has 0 saturated heterocycles. The molecule has 1 aromatic heterocycles. The molecule has 0 aliphatic heterocycles. The summed E-state index contributed by atoms with van der Waals surface area (Å²) in [5.41, 5.74) is 5.17. The number of primary amides is 1. The van der Waals surface area contributed by atoms with E-state index in [1.807, 2.05) is 24.3 Å². The highest BCUT2D eigenvalue weighted by molar-refractivity contribution is 7.99. The highest BCUT2D eigenvalue weighted by atomic mass is 35.5. The molecule has 3 aromatic rings. The minimum absolute atomic E-state index is 0.129. The standard InChI is InChI=1S/C16H11ClN2O2S/c17-9-5-7-10(8-6-9)22-16-12-4-2-1-3-11(12)14(20)13(19-16)15(18)21/h1-8,20H,(H2,18,21). The van der Waals surface area contributed by atoms with Crippen LogP contribution in [0.15, 0.2) is 58.5 Å². The fourth-order valence-corrected chi connectivity index (χ4v) is 3.13. The summed E-state index contributed by atoms with van der Waals surface area (Å²) in [5, 5.41) is 12.7. The molecule has 0 atom stereocenters. The van der Waals surface area contributed by atoms with Gasteiger partial charge < -0.3 is 10.8 Å². The molecule has 1 amide bonds. The number of rotatable bonds is 3. The van der Waals surface area contributed by atoms with Gasteiger partial charge in [0.15, 0.2) is 11.4 Å². The average Bonchev–Trinajstić information content (AvgIpc) is 2.52. The Morgan fingerprint density at radius 3 is 2.36 bits per heavy atom. The van der Waals surface area contributed by atoms with Gasteiger partial charge in [0.1, 0.15) is 5.03 Å². The predicted molar refractivity (Wildman–Crippen MR) is 87.5 cm³/mol. The zero-order valence-corrected chi connectivity index (χ0v) is 12.9. The molecule has 0 unspecified atom stereocenters. The summed E-state index contributed by atoms with van der Waals surface area (Å²) in [6, 6.07) is 14.5. The highest BCUT2D eigenvalue weighted by Crippen LogP contribution is 2.37. The van der Waals surface area contributed by atoms with E-state index in [4.69, 9.17) is 17.3 Å². The van der Waals surface area contributed by atoms with E-state index in [1.54, 1.807) is 24.3 Å². The second-order valence-corrected chi connectivity index (χ2v) is 6.08. The quantitative estimate of drug-likeness (QED) is 0.765. The van der Waals surface area contributed by atoms with E-state index in [2.05, 4.69) is 4.98 Å². The summed E-state index contributed by atoms with van der Waals surface area (Å²) in [5.74, 6) is -0.954. The molecule has 0 aliphatic rings. The summed E-state index contributed by atoms with van der Waals surface area (Å²) in [6.45, 7) is 0. The third-order valence-electron chi connectivity index (χ3n) is 3.11. The molecule has 22 heavy (non-hydrogen) atoms. The smallest absolute Gasteiger partial charge is 0.271 e. The lowest BCUT2D eigenvalue weighted by atomic mass is 10.1. The molecular formula is C16H11ClN2O2S. The molecule has 2 aromatic carbocycles. The van der Waals surface area contributed by atoms with Crippen LogP contribution in [0.1, 0.15) is 10.5 Å². The summed E-state index contributed by atoms with van der Waals surface area (Å²) in [7, 11) is 0. The molecule has 3 N–H and O–H groups in total. The number of amides is 1. The van der Waals surface area contributed by atoms with Crippen LogP contribution in [0.25, 0.3) is 10.8 Å². The van der Waals surface area contributed by atoms with Gasteiger partial charge in [-0.3, -0.25) is 4.79 Å². The first-order chi connectivity index (χ1) is 10.6. The van der Waals surface area contributed by atoms with Crippen molar-refractivity contribution in [3.8, 4) is 5.75 Å². The van der Waals surface area contributed by atoms with Gasteiger partial charge in [0.05, 0.1) is 0 Å². The van der Waals surface area contributed by atoms with Crippen LogP contribution >= 0.6 is 23.4 Å². The molecule has 1 heterocycles. The number of fused-ring (bicyclic) bond motifs is 1. The number of halogens is 1. The first kappa shape index (κ1) is 14.7. The number of carbonyl (C=O) groups excluding carboxylic acids is 1. The summed E-state index contributed by atoms with van der Waals surface area (Å²) >= 11 is 7.26. The molecule has 0 aliphatic carbocycles. The van der Waals surface area contributed by atoms with Crippen LogP contribution in [0.5, 0.6) is 5.75 Å². The Hall–Kier alpha value is -2.24. The van der Waals surface area contributed by atoms with Crippen molar-refractivity contribution >= 4 is 40.0 Å². The summed E-state index contributed by atoms with van der Waals surface area (Å²) in [6.07, 6.45) is 0. The molecule has 6 heteroatoms. The van der Waals surface area contributed by atoms with E-state index in [1.165, 1.54) is 11.8 Å². The fraction of sp³-hybridized carbons (Fsp3) is 0. The fourth-order valence-electron chi connectivity index (χ4n) is 2.08. The van der Waals surface area contributed by atoms with Crippen molar-refractivity contribution in [1.29, 1.82) is 0 Å². The number of aromatic nitrogens is 1. The molecule has 0 radical (unpaired) electrons. The van der Waals surface area contributed by atoms with Crippen LogP contribution in [0.2, 0.25) is 5.02 Å². The van der Waals surface area contributed by atoms with Crippen molar-refractivity contribution in [2.24, 2.45) is 5.73 Å². The molecule has 3 rings (SSSR count). The van der Waals surface area contributed by atoms with Crippen LogP contribution in [-0.2, 0) is 0 Å². The van der Waals surface area contributed by atoms with Crippen LogP contribution in [0, 0.1) is 0 Å². The van der Waals surface area contributed by atoms with Gasteiger partial charge in [-0.25, -0.2) is 4.98 Å². The molecule has 0 saturated carbocycles. The molecule has 0 bridgehead atoms. The van der Waals surface area contributed by atoms with Crippen molar-refractivity contribution in [3.05, 3.63) is 59.2 Å². The van der Waals surface area contributed by atoms with Gasteiger partial charge in [-0.05, 0) is 24.3 Å². The van der Waals surface area contributed by atoms with Crippen molar-refractivity contribution in [3.63, 3.8) is 0 Å². The Morgan fingerprint density at radius 2 is 1.73 bits per heavy atom. The Labute approximate surface area is 135 Å². The lowest BCUT2D eigenvalue weighted by Crippen LogP contribution is -2.14. The lowest BCUT2D eigenvalue weighted by Gasteiger charge is -2.10. The van der Waals surface area contributed by atoms with E-state index in [0.29, 0.717) is 15.4 Å². The first-order valence-corrected chi connectivity index (χ1v) is 7.60. The molecular weight excluding hydrogens is 320 g/mol. The minimum atomic E-state index is -0.763. The van der Waals surface area contributed by atoms with Crippen LogP contribution in [0.3, 0.4) is 0 Å². The van der Waals surface area contributed by atoms with Crippen molar-refractivity contribution < 1.29 is 9.90 Å². The maximum absolute atomic E-state index is 11.5. The summed E-state index contributed by atoms with van der Waals surface area (Å²) < 4.78 is 0. The van der Waals surface area contributed by atoms with E-state index in [-0.39, 0.29) is 11.4 Å². The highest BCUT2D eigenvalue weighted by Gasteiger charge is 2.17. The number of aromatic hydroxyl groups is 1. The van der Waals surface area contributed by atoms with Gasteiger partial charge in [0, 0.05) is 20.7 Å². The second kappa shape index (κ2) is 5.87. The van der Waals surface area contributed by atoms with Gasteiger partial charge in [0.25, 0.3) is 5.91 Å². The zero-order valence-electron chi connectivity index (χ0n) is 11.3. The van der Waals surface area contributed by atoms with Gasteiger partial charge in [-0.15, -0.1) is 0 Å². The van der Waals surface area contributed by atoms with Crippen LogP contribution in [-0.4, -0.2) is 16.0 Å². The Morgan fingerprint density at radius 1 is 1.09 bits per heavy atom. The topological polar surface area (TPSA) is 76.2 Å². The third-order valence-corrected chi connectivity index (χ3v) is 4.38. The van der Waals surface area contributed by atoms with Gasteiger partial charge in [-0.1, -0.05) is 47.6 Å². The Kier molecular flexibility index (Phi) is 3.92. The maximum Gasteiger partial charge on any atom is 0.271 e. The molecule has 0 fully saturated rings. The van der Waals surface area contributed by atoms with Crippen molar-refractivity contribution in [2.75, 3.05) is 0 Å². The lowest BCUT2D eigenvalue weighted by molar-refractivity contribution is 0.0992. The van der Waals surface area contributed by atoms with E-state index >= 15 is 0 Å². The number of carbonyl (C=O) groups is 1. The normalized spacial score (nSPS) is 10.8. The van der Waals surface area contributed by atoms with Crippen molar-refractivity contribution in [2.45, 2.75) is 9.92 Å². The zero-order chi connectivity index (χ0) is 15.7. The van der Waals surface area contributed by atoms with Gasteiger partial charge in [-0.2, -0.15) is 0 Å². The largest absolute Gasteiger partial charge is 0.505 e. The van der Waals surface area contributed by atoms with E-state index in [0.717, 1.165) is 10.3 Å². The SMILES string of the molecule is NC(=O)c1nc(Sc2ccc(Cl)cc2)c2ccccc2c1O. The number of hydrogen-bond donors (Lipinski definition) is 2. The maximum atomic E-state index is 11.5. The monoisotopic (exact) mass is 330 g/mol. The Bertz CT molecular complexity index is 866. The second-order valence-electron chi connectivity index (χ2n) is 4.58. The molecule has 4 nitrogen and oxygen atoms in total. The Balaban J connectivity index is 2.17. The number of nitrogens with two attached hydrogens (primary N) is 1. The first-order valence-electron chi connectivity index (χ1n) is 6.41. The van der Waals surface area contributed by atoms with Crippen LogP contribution in [0.4, 0.5) is 0 Å². The average molecular weight is 331 g/mol. The summed E-state index contributed by atoms with van der Waals surface area (Å²) in [4.78, 5) is 16.6. The predicted octanol–water partition coefficient (Wildman–Crippen LogP) is 3.84.